The summed E-state index contributed by atoms with van der Waals surface area (Å²) in [6, 6.07) is -0.0347. The topological polar surface area (TPSA) is 59.4 Å². The van der Waals surface area contributed by atoms with E-state index in [2.05, 4.69) is 24.3 Å². The number of amides is 2. The van der Waals surface area contributed by atoms with Crippen LogP contribution in [-0.4, -0.2) is 46.5 Å². The van der Waals surface area contributed by atoms with E-state index in [1.54, 1.807) is 4.90 Å². The Morgan fingerprint density at radius 2 is 2.32 bits per heavy atom. The summed E-state index contributed by atoms with van der Waals surface area (Å²) in [5, 5.41) is 7.25. The van der Waals surface area contributed by atoms with Crippen LogP contribution in [-0.2, 0) is 18.3 Å². The van der Waals surface area contributed by atoms with Crippen LogP contribution in [0.15, 0.2) is 6.20 Å². The van der Waals surface area contributed by atoms with Gasteiger partial charge in [-0.3, -0.25) is 4.68 Å². The Kier molecular flexibility index (Phi) is 5.11. The van der Waals surface area contributed by atoms with E-state index in [4.69, 9.17) is 4.74 Å². The van der Waals surface area contributed by atoms with Crippen LogP contribution in [0.5, 0.6) is 0 Å². The number of hydrogen-bond acceptors (Lipinski definition) is 3. The molecule has 1 aliphatic rings. The number of carbonyl (C=O) groups is 1. The molecule has 22 heavy (non-hydrogen) atoms. The summed E-state index contributed by atoms with van der Waals surface area (Å²) in [5.74, 6) is 0.487. The maximum atomic E-state index is 12.2. The van der Waals surface area contributed by atoms with Gasteiger partial charge in [0.05, 0.1) is 18.3 Å². The fourth-order valence-electron chi connectivity index (χ4n) is 2.93. The molecule has 6 heteroatoms. The van der Waals surface area contributed by atoms with Crippen LogP contribution in [0, 0.1) is 12.8 Å². The molecule has 1 N–H and O–H groups in total. The number of aromatic nitrogens is 2. The average molecular weight is 308 g/mol. The number of rotatable bonds is 4. The van der Waals surface area contributed by atoms with Crippen molar-refractivity contribution in [3.8, 4) is 0 Å². The maximum Gasteiger partial charge on any atom is 0.317 e. The van der Waals surface area contributed by atoms with Gasteiger partial charge in [0.1, 0.15) is 0 Å². The minimum atomic E-state index is -0.0770. The Bertz CT molecular complexity index is 524. The van der Waals surface area contributed by atoms with Crippen LogP contribution in [0.4, 0.5) is 4.79 Å². The minimum absolute atomic E-state index is 0.0347. The minimum Gasteiger partial charge on any atom is -0.376 e. The van der Waals surface area contributed by atoms with E-state index >= 15 is 0 Å². The van der Waals surface area contributed by atoms with E-state index in [1.807, 2.05) is 31.9 Å². The van der Waals surface area contributed by atoms with Crippen LogP contribution < -0.4 is 5.32 Å². The lowest BCUT2D eigenvalue weighted by Gasteiger charge is -2.35. The van der Waals surface area contributed by atoms with E-state index < -0.39 is 0 Å². The Labute approximate surface area is 132 Å². The van der Waals surface area contributed by atoms with Gasteiger partial charge in [-0.25, -0.2) is 4.79 Å². The molecule has 0 spiro atoms. The number of ether oxygens (including phenoxy) is 1. The summed E-state index contributed by atoms with van der Waals surface area (Å²) in [4.78, 5) is 13.9. The fraction of sp³-hybridized carbons (Fsp3) is 0.750. The second-order valence-corrected chi connectivity index (χ2v) is 6.89. The van der Waals surface area contributed by atoms with E-state index in [-0.39, 0.29) is 11.6 Å². The average Bonchev–Trinajstić information content (AvgIpc) is 2.75. The van der Waals surface area contributed by atoms with Gasteiger partial charge in [0.15, 0.2) is 0 Å². The predicted molar refractivity (Wildman–Crippen MR) is 85.6 cm³/mol. The van der Waals surface area contributed by atoms with Crippen LogP contribution in [0.2, 0.25) is 0 Å². The number of hydrogen-bond donors (Lipinski definition) is 1. The van der Waals surface area contributed by atoms with Crippen molar-refractivity contribution in [2.75, 3.05) is 20.2 Å². The molecular weight excluding hydrogens is 280 g/mol. The summed E-state index contributed by atoms with van der Waals surface area (Å²) in [7, 11) is 3.72. The number of aryl methyl sites for hydroxylation is 1. The van der Waals surface area contributed by atoms with Gasteiger partial charge in [0, 0.05) is 38.5 Å². The zero-order chi connectivity index (χ0) is 16.3. The second-order valence-electron chi connectivity index (χ2n) is 6.89. The lowest BCUT2D eigenvalue weighted by Crippen LogP contribution is -2.43. The van der Waals surface area contributed by atoms with E-state index in [1.165, 1.54) is 0 Å². The van der Waals surface area contributed by atoms with Crippen molar-refractivity contribution in [3.05, 3.63) is 17.5 Å². The molecule has 124 valence electrons. The third-order valence-corrected chi connectivity index (χ3v) is 4.43. The van der Waals surface area contributed by atoms with Crippen molar-refractivity contribution in [1.29, 1.82) is 0 Å². The van der Waals surface area contributed by atoms with E-state index in [0.717, 1.165) is 30.7 Å². The van der Waals surface area contributed by atoms with Gasteiger partial charge in [0.25, 0.3) is 0 Å². The third-order valence-electron chi connectivity index (χ3n) is 4.43. The van der Waals surface area contributed by atoms with Crippen molar-refractivity contribution in [3.63, 3.8) is 0 Å². The predicted octanol–water partition coefficient (Wildman–Crippen LogP) is 2.08. The van der Waals surface area contributed by atoms with Crippen LogP contribution >= 0.6 is 0 Å². The van der Waals surface area contributed by atoms with Crippen molar-refractivity contribution in [1.82, 2.24) is 20.0 Å². The molecule has 2 amide bonds. The molecule has 0 aromatic carbocycles. The summed E-state index contributed by atoms with van der Waals surface area (Å²) in [6.45, 7) is 8.29. The molecule has 1 aromatic rings. The Hall–Kier alpha value is -1.56. The smallest absolute Gasteiger partial charge is 0.317 e. The Balaban J connectivity index is 1.80. The van der Waals surface area contributed by atoms with Gasteiger partial charge >= 0.3 is 6.03 Å². The fourth-order valence-corrected chi connectivity index (χ4v) is 2.93. The highest BCUT2D eigenvalue weighted by molar-refractivity contribution is 5.73. The van der Waals surface area contributed by atoms with Gasteiger partial charge in [-0.1, -0.05) is 0 Å². The number of nitrogens with one attached hydrogen (secondary N) is 1. The third kappa shape index (κ3) is 4.22. The van der Waals surface area contributed by atoms with Crippen LogP contribution in [0.25, 0.3) is 0 Å². The molecule has 1 fully saturated rings. The van der Waals surface area contributed by atoms with Crippen molar-refractivity contribution in [2.24, 2.45) is 13.0 Å². The maximum absolute atomic E-state index is 12.2. The van der Waals surface area contributed by atoms with Crippen LogP contribution in [0.1, 0.15) is 37.9 Å². The number of urea groups is 1. The molecule has 0 radical (unpaired) electrons. The summed E-state index contributed by atoms with van der Waals surface area (Å²) >= 11 is 0. The Morgan fingerprint density at radius 1 is 1.59 bits per heavy atom. The molecule has 2 rings (SSSR count). The molecule has 1 saturated heterocycles. The molecule has 0 aliphatic carbocycles. The summed E-state index contributed by atoms with van der Waals surface area (Å²) in [6.07, 6.45) is 3.81. The standard InChI is InChI=1S/C16H28N4O2/c1-12-14(10-18-20(12)5)11-19(4)15(21)17-9-13-6-7-22-16(2,3)8-13/h10,13H,6-9,11H2,1-5H3,(H,17,21). The molecular formula is C16H28N4O2. The highest BCUT2D eigenvalue weighted by atomic mass is 16.5. The number of nitrogens with zero attached hydrogens (tertiary/aromatic N) is 3. The normalized spacial score (nSPS) is 20.7. The zero-order valence-electron chi connectivity index (χ0n) is 14.3. The zero-order valence-corrected chi connectivity index (χ0v) is 14.3. The van der Waals surface area contributed by atoms with Crippen LogP contribution in [0.3, 0.4) is 0 Å². The second kappa shape index (κ2) is 6.69. The number of carbonyl (C=O) groups excluding carboxylic acids is 1. The van der Waals surface area contributed by atoms with Gasteiger partial charge < -0.3 is 15.0 Å². The molecule has 0 saturated carbocycles. The lowest BCUT2D eigenvalue weighted by molar-refractivity contribution is -0.0715. The molecule has 6 nitrogen and oxygen atoms in total. The molecule has 1 aliphatic heterocycles. The summed E-state index contributed by atoms with van der Waals surface area (Å²) in [5.41, 5.74) is 2.09. The van der Waals surface area contributed by atoms with Gasteiger partial charge in [-0.05, 0) is 39.5 Å². The van der Waals surface area contributed by atoms with Crippen molar-refractivity contribution < 1.29 is 9.53 Å². The molecule has 1 aromatic heterocycles. The first-order valence-corrected chi connectivity index (χ1v) is 7.89. The first kappa shape index (κ1) is 16.8. The summed E-state index contributed by atoms with van der Waals surface area (Å²) < 4.78 is 7.54. The molecule has 2 heterocycles. The molecule has 1 atom stereocenters. The molecule has 0 bridgehead atoms. The first-order valence-electron chi connectivity index (χ1n) is 7.89. The van der Waals surface area contributed by atoms with E-state index in [0.29, 0.717) is 19.0 Å². The molecule has 1 unspecified atom stereocenters. The Morgan fingerprint density at radius 3 is 2.91 bits per heavy atom. The van der Waals surface area contributed by atoms with E-state index in [9.17, 15) is 4.79 Å². The van der Waals surface area contributed by atoms with Gasteiger partial charge in [0.2, 0.25) is 0 Å². The highest BCUT2D eigenvalue weighted by Crippen LogP contribution is 2.27. The largest absolute Gasteiger partial charge is 0.376 e. The SMILES string of the molecule is Cc1c(CN(C)C(=O)NCC2CCOC(C)(C)C2)cnn1C. The first-order chi connectivity index (χ1) is 10.3. The quantitative estimate of drug-likeness (QED) is 0.926. The van der Waals surface area contributed by atoms with Gasteiger partial charge in [-0.2, -0.15) is 5.10 Å². The van der Waals surface area contributed by atoms with Crippen molar-refractivity contribution in [2.45, 2.75) is 45.8 Å². The van der Waals surface area contributed by atoms with Gasteiger partial charge in [-0.15, -0.1) is 0 Å². The monoisotopic (exact) mass is 308 g/mol. The lowest BCUT2D eigenvalue weighted by atomic mass is 9.88. The van der Waals surface area contributed by atoms with Crippen molar-refractivity contribution >= 4 is 6.03 Å². The highest BCUT2D eigenvalue weighted by Gasteiger charge is 2.29.